The van der Waals surface area contributed by atoms with Crippen LogP contribution in [0.25, 0.3) is 11.2 Å². The number of H-pyrrole nitrogens is 1. The van der Waals surface area contributed by atoms with Crippen LogP contribution in [0.3, 0.4) is 0 Å². The fourth-order valence-corrected chi connectivity index (χ4v) is 2.60. The molecule has 2 aromatic heterocycles. The minimum atomic E-state index is -0.677. The number of ether oxygens (including phenoxy) is 2. The predicted octanol–water partition coefficient (Wildman–Crippen LogP) is -0.382. The van der Waals surface area contributed by atoms with Crippen molar-refractivity contribution >= 4 is 35.0 Å². The number of aromatic nitrogens is 4. The molecule has 31 heavy (non-hydrogen) atoms. The molecule has 13 heteroatoms. The average molecular weight is 437 g/mol. The van der Waals surface area contributed by atoms with Crippen molar-refractivity contribution in [3.8, 4) is 0 Å². The predicted molar refractivity (Wildman–Crippen MR) is 110 cm³/mol. The van der Waals surface area contributed by atoms with Gasteiger partial charge < -0.3 is 30.0 Å². The van der Waals surface area contributed by atoms with E-state index in [2.05, 4.69) is 20.3 Å². The highest BCUT2D eigenvalue weighted by Gasteiger charge is 2.21. The summed E-state index contributed by atoms with van der Waals surface area (Å²) >= 11 is 0. The summed E-state index contributed by atoms with van der Waals surface area (Å²) in [6.07, 6.45) is 0.677. The van der Waals surface area contributed by atoms with Crippen LogP contribution in [0.2, 0.25) is 0 Å². The van der Waals surface area contributed by atoms with Crippen molar-refractivity contribution in [3.63, 3.8) is 0 Å². The molecule has 0 aromatic carbocycles. The largest absolute Gasteiger partial charge is 0.465 e. The van der Waals surface area contributed by atoms with Gasteiger partial charge in [0.15, 0.2) is 5.65 Å². The SMILES string of the molecule is CCOC(=O)CN(CCNC(=O)OC(C)(C)C)C(=O)Cn1cnc2c(N)[nH]c(=O)nc21. The van der Waals surface area contributed by atoms with Crippen LogP contribution < -0.4 is 16.7 Å². The number of nitrogen functional groups attached to an aromatic ring is 1. The number of hydrogen-bond donors (Lipinski definition) is 3. The van der Waals surface area contributed by atoms with Gasteiger partial charge in [-0.2, -0.15) is 4.98 Å². The minimum absolute atomic E-state index is 0.0275. The number of anilines is 1. The summed E-state index contributed by atoms with van der Waals surface area (Å²) in [5, 5.41) is 2.53. The minimum Gasteiger partial charge on any atom is -0.465 e. The van der Waals surface area contributed by atoms with Crippen LogP contribution in [-0.2, 0) is 25.6 Å². The highest BCUT2D eigenvalue weighted by atomic mass is 16.6. The Kier molecular flexibility index (Phi) is 7.56. The molecular weight excluding hydrogens is 410 g/mol. The van der Waals surface area contributed by atoms with Crippen molar-refractivity contribution in [3.05, 3.63) is 16.8 Å². The van der Waals surface area contributed by atoms with E-state index in [9.17, 15) is 19.2 Å². The Morgan fingerprint density at radius 3 is 2.68 bits per heavy atom. The van der Waals surface area contributed by atoms with E-state index >= 15 is 0 Å². The second-order valence-corrected chi connectivity index (χ2v) is 7.55. The third-order valence-corrected chi connectivity index (χ3v) is 3.85. The molecule has 0 spiro atoms. The Labute approximate surface area is 177 Å². The smallest absolute Gasteiger partial charge is 0.407 e. The van der Waals surface area contributed by atoms with Gasteiger partial charge in [0.2, 0.25) is 5.91 Å². The molecule has 4 N–H and O–H groups in total. The standard InChI is InChI=1S/C18H27N7O6/c1-5-30-12(27)9-24(7-6-20-17(29)31-18(2,3)4)11(26)8-25-10-21-13-14(19)22-16(28)23-15(13)25/h10H,5-9H2,1-4H3,(H,20,29)(H3,19,22,23,28). The number of nitrogens with one attached hydrogen (secondary N) is 2. The molecule has 170 valence electrons. The number of esters is 1. The summed E-state index contributed by atoms with van der Waals surface area (Å²) in [6.45, 7) is 6.51. The second-order valence-electron chi connectivity index (χ2n) is 7.55. The van der Waals surface area contributed by atoms with Crippen LogP contribution in [0.15, 0.2) is 11.1 Å². The highest BCUT2D eigenvalue weighted by Crippen LogP contribution is 2.13. The molecular formula is C18H27N7O6. The Bertz CT molecular complexity index is 1010. The van der Waals surface area contributed by atoms with Crippen molar-refractivity contribution < 1.29 is 23.9 Å². The first-order valence-corrected chi connectivity index (χ1v) is 9.61. The van der Waals surface area contributed by atoms with E-state index < -0.39 is 29.3 Å². The second kappa shape index (κ2) is 9.91. The zero-order chi connectivity index (χ0) is 23.2. The summed E-state index contributed by atoms with van der Waals surface area (Å²) in [4.78, 5) is 59.6. The molecule has 2 amide bonds. The Morgan fingerprint density at radius 2 is 2.03 bits per heavy atom. The summed E-state index contributed by atoms with van der Waals surface area (Å²) in [5.74, 6) is -1.03. The molecule has 0 aliphatic heterocycles. The lowest BCUT2D eigenvalue weighted by Gasteiger charge is -2.23. The average Bonchev–Trinajstić information content (AvgIpc) is 3.02. The maximum Gasteiger partial charge on any atom is 0.407 e. The van der Waals surface area contributed by atoms with Gasteiger partial charge in [0, 0.05) is 13.1 Å². The van der Waals surface area contributed by atoms with Gasteiger partial charge in [-0.1, -0.05) is 0 Å². The molecule has 0 atom stereocenters. The summed E-state index contributed by atoms with van der Waals surface area (Å²) in [7, 11) is 0. The fraction of sp³-hybridized carbons (Fsp3) is 0.556. The first-order valence-electron chi connectivity index (χ1n) is 9.61. The van der Waals surface area contributed by atoms with Crippen LogP contribution in [0.5, 0.6) is 0 Å². The number of amides is 2. The van der Waals surface area contributed by atoms with E-state index in [0.29, 0.717) is 0 Å². The monoisotopic (exact) mass is 437 g/mol. The number of carbonyl (C=O) groups is 3. The first kappa shape index (κ1) is 23.6. The number of fused-ring (bicyclic) bond motifs is 1. The summed E-state index contributed by atoms with van der Waals surface area (Å²) < 4.78 is 11.4. The number of nitrogens with two attached hydrogens (primary N) is 1. The van der Waals surface area contributed by atoms with Gasteiger partial charge in [-0.3, -0.25) is 14.6 Å². The molecule has 2 aromatic rings. The van der Waals surface area contributed by atoms with Crippen LogP contribution in [0.4, 0.5) is 10.6 Å². The Hall–Kier alpha value is -3.64. The maximum absolute atomic E-state index is 12.8. The zero-order valence-electron chi connectivity index (χ0n) is 17.9. The van der Waals surface area contributed by atoms with Crippen molar-refractivity contribution in [1.82, 2.24) is 29.7 Å². The Morgan fingerprint density at radius 1 is 1.32 bits per heavy atom. The van der Waals surface area contributed by atoms with Crippen LogP contribution in [-0.4, -0.2) is 74.2 Å². The van der Waals surface area contributed by atoms with Crippen molar-refractivity contribution in [1.29, 1.82) is 0 Å². The molecule has 0 unspecified atom stereocenters. The number of nitrogens with zero attached hydrogens (tertiary/aromatic N) is 4. The Balaban J connectivity index is 2.10. The van der Waals surface area contributed by atoms with Crippen molar-refractivity contribution in [2.24, 2.45) is 0 Å². The number of carbonyl (C=O) groups excluding carboxylic acids is 3. The van der Waals surface area contributed by atoms with Gasteiger partial charge in [-0.15, -0.1) is 0 Å². The van der Waals surface area contributed by atoms with Gasteiger partial charge in [-0.25, -0.2) is 14.6 Å². The van der Waals surface area contributed by atoms with E-state index in [0.717, 1.165) is 0 Å². The topological polar surface area (TPSA) is 175 Å². The highest BCUT2D eigenvalue weighted by molar-refractivity contribution is 5.85. The number of hydrogen-bond acceptors (Lipinski definition) is 9. The van der Waals surface area contributed by atoms with Crippen molar-refractivity contribution in [2.75, 3.05) is 32.0 Å². The molecule has 0 saturated carbocycles. The number of rotatable bonds is 8. The van der Waals surface area contributed by atoms with E-state index in [1.165, 1.54) is 15.8 Å². The lowest BCUT2D eigenvalue weighted by atomic mass is 10.2. The molecule has 0 fully saturated rings. The van der Waals surface area contributed by atoms with E-state index in [-0.39, 0.29) is 49.8 Å². The fourth-order valence-electron chi connectivity index (χ4n) is 2.60. The van der Waals surface area contributed by atoms with Gasteiger partial charge >= 0.3 is 17.8 Å². The lowest BCUT2D eigenvalue weighted by Crippen LogP contribution is -2.44. The number of imidazole rings is 1. The zero-order valence-corrected chi connectivity index (χ0v) is 17.9. The normalized spacial score (nSPS) is 11.2. The summed E-state index contributed by atoms with van der Waals surface area (Å²) in [6, 6.07) is 0. The van der Waals surface area contributed by atoms with Crippen LogP contribution >= 0.6 is 0 Å². The quantitative estimate of drug-likeness (QED) is 0.465. The van der Waals surface area contributed by atoms with Crippen molar-refractivity contribution in [2.45, 2.75) is 39.8 Å². The molecule has 2 heterocycles. The molecule has 2 rings (SSSR count). The molecule has 0 aliphatic carbocycles. The van der Waals surface area contributed by atoms with E-state index in [1.54, 1.807) is 27.7 Å². The third-order valence-electron chi connectivity index (χ3n) is 3.85. The molecule has 0 bridgehead atoms. The van der Waals surface area contributed by atoms with Crippen LogP contribution in [0.1, 0.15) is 27.7 Å². The molecule has 0 radical (unpaired) electrons. The lowest BCUT2D eigenvalue weighted by molar-refractivity contribution is -0.149. The number of aromatic amines is 1. The third kappa shape index (κ3) is 6.97. The maximum atomic E-state index is 12.8. The van der Waals surface area contributed by atoms with Gasteiger partial charge in [-0.05, 0) is 27.7 Å². The number of alkyl carbamates (subject to hydrolysis) is 1. The molecule has 0 aliphatic rings. The van der Waals surface area contributed by atoms with Gasteiger partial charge in [0.05, 0.1) is 12.9 Å². The van der Waals surface area contributed by atoms with E-state index in [4.69, 9.17) is 15.2 Å². The molecule has 0 saturated heterocycles. The van der Waals surface area contributed by atoms with Gasteiger partial charge in [0.1, 0.15) is 30.0 Å². The summed E-state index contributed by atoms with van der Waals surface area (Å²) in [5.41, 5.74) is 4.76. The molecule has 13 nitrogen and oxygen atoms in total. The first-order chi connectivity index (χ1) is 14.5. The van der Waals surface area contributed by atoms with Gasteiger partial charge in [0.25, 0.3) is 0 Å². The van der Waals surface area contributed by atoms with Crippen LogP contribution in [0, 0.1) is 0 Å². The van der Waals surface area contributed by atoms with E-state index in [1.807, 2.05) is 0 Å².